The summed E-state index contributed by atoms with van der Waals surface area (Å²) < 4.78 is 13.3. The van der Waals surface area contributed by atoms with Gasteiger partial charge in [-0.15, -0.1) is 0 Å². The Morgan fingerprint density at radius 3 is 2.77 bits per heavy atom. The highest BCUT2D eigenvalue weighted by Gasteiger charge is 2.15. The highest BCUT2D eigenvalue weighted by molar-refractivity contribution is 6.05. The number of amides is 1. The van der Waals surface area contributed by atoms with Gasteiger partial charge in [-0.1, -0.05) is 6.07 Å². The zero-order chi connectivity index (χ0) is 15.7. The molecule has 1 amide bonds. The number of H-pyrrole nitrogens is 1. The molecule has 0 aliphatic heterocycles. The van der Waals surface area contributed by atoms with Crippen molar-refractivity contribution < 1.29 is 9.18 Å². The van der Waals surface area contributed by atoms with E-state index in [9.17, 15) is 9.18 Å². The van der Waals surface area contributed by atoms with Gasteiger partial charge in [-0.05, 0) is 37.6 Å². The first-order chi connectivity index (χ1) is 10.5. The fourth-order valence-electron chi connectivity index (χ4n) is 2.27. The number of aromatic nitrogens is 3. The average molecular weight is 298 g/mol. The van der Waals surface area contributed by atoms with E-state index in [1.807, 2.05) is 32.0 Å². The van der Waals surface area contributed by atoms with Crippen LogP contribution in [0.15, 0.2) is 36.7 Å². The van der Waals surface area contributed by atoms with Crippen LogP contribution in [0.25, 0.3) is 22.0 Å². The summed E-state index contributed by atoms with van der Waals surface area (Å²) in [5, 5.41) is 10.4. The number of hydrogen-bond acceptors (Lipinski definition) is 3. The number of halogens is 1. The fourth-order valence-corrected chi connectivity index (χ4v) is 2.27. The first-order valence-electron chi connectivity index (χ1n) is 6.94. The number of benzene rings is 1. The molecule has 0 aliphatic rings. The molecule has 112 valence electrons. The Morgan fingerprint density at radius 1 is 1.23 bits per heavy atom. The number of nitrogens with zero attached hydrogens (tertiary/aromatic N) is 2. The highest BCUT2D eigenvalue weighted by Crippen LogP contribution is 2.25. The number of aromatic amines is 1. The number of nitrogens with one attached hydrogen (secondary N) is 2. The number of pyridine rings is 1. The number of hydrogen-bond donors (Lipinski definition) is 2. The van der Waals surface area contributed by atoms with Crippen LogP contribution in [0.1, 0.15) is 24.3 Å². The normalized spacial score (nSPS) is 11.1. The zero-order valence-electron chi connectivity index (χ0n) is 12.2. The van der Waals surface area contributed by atoms with E-state index in [2.05, 4.69) is 20.5 Å². The smallest absolute Gasteiger partial charge is 0.272 e. The maximum atomic E-state index is 13.3. The van der Waals surface area contributed by atoms with Crippen LogP contribution in [0.4, 0.5) is 4.39 Å². The minimum Gasteiger partial charge on any atom is -0.348 e. The molecular weight excluding hydrogens is 283 g/mol. The number of carbonyl (C=O) groups excluding carboxylic acids is 1. The van der Waals surface area contributed by atoms with Crippen LogP contribution >= 0.6 is 0 Å². The van der Waals surface area contributed by atoms with Gasteiger partial charge in [-0.3, -0.25) is 14.9 Å². The monoisotopic (exact) mass is 298 g/mol. The summed E-state index contributed by atoms with van der Waals surface area (Å²) in [6.45, 7) is 3.77. The Bertz CT molecular complexity index is 841. The molecule has 6 heteroatoms. The SMILES string of the molecule is CC(C)NC(=O)c1n[nH]c2ccc(-c3cncc(F)c3)cc12. The Morgan fingerprint density at radius 2 is 2.05 bits per heavy atom. The van der Waals surface area contributed by atoms with Gasteiger partial charge in [0.05, 0.1) is 11.7 Å². The topological polar surface area (TPSA) is 70.7 Å². The molecule has 0 saturated heterocycles. The molecule has 5 nitrogen and oxygen atoms in total. The highest BCUT2D eigenvalue weighted by atomic mass is 19.1. The van der Waals surface area contributed by atoms with Gasteiger partial charge >= 0.3 is 0 Å². The number of rotatable bonds is 3. The lowest BCUT2D eigenvalue weighted by Gasteiger charge is -2.06. The Labute approximate surface area is 126 Å². The molecule has 0 saturated carbocycles. The molecule has 0 radical (unpaired) electrons. The third-order valence-corrected chi connectivity index (χ3v) is 3.24. The van der Waals surface area contributed by atoms with Gasteiger partial charge in [0.15, 0.2) is 5.69 Å². The first-order valence-corrected chi connectivity index (χ1v) is 6.94. The number of fused-ring (bicyclic) bond motifs is 1. The van der Waals surface area contributed by atoms with E-state index in [0.717, 1.165) is 17.3 Å². The summed E-state index contributed by atoms with van der Waals surface area (Å²) in [5.74, 6) is -0.640. The van der Waals surface area contributed by atoms with E-state index >= 15 is 0 Å². The van der Waals surface area contributed by atoms with Gasteiger partial charge in [0.25, 0.3) is 5.91 Å². The van der Waals surface area contributed by atoms with Crippen molar-refractivity contribution in [3.8, 4) is 11.1 Å². The van der Waals surface area contributed by atoms with Crippen molar-refractivity contribution >= 4 is 16.8 Å². The van der Waals surface area contributed by atoms with Crippen molar-refractivity contribution in [2.24, 2.45) is 0 Å². The summed E-state index contributed by atoms with van der Waals surface area (Å²) >= 11 is 0. The lowest BCUT2D eigenvalue weighted by atomic mass is 10.0. The standard InChI is InChI=1S/C16H15FN4O/c1-9(2)19-16(22)15-13-6-10(3-4-14(13)20-21-15)11-5-12(17)8-18-7-11/h3-9H,1-2H3,(H,19,22)(H,20,21). The largest absolute Gasteiger partial charge is 0.348 e. The van der Waals surface area contributed by atoms with Crippen LogP contribution < -0.4 is 5.32 Å². The Balaban J connectivity index is 2.07. The molecule has 22 heavy (non-hydrogen) atoms. The molecule has 1 aromatic carbocycles. The second kappa shape index (κ2) is 5.55. The second-order valence-corrected chi connectivity index (χ2v) is 5.35. The molecule has 0 atom stereocenters. The molecule has 0 bridgehead atoms. The third-order valence-electron chi connectivity index (χ3n) is 3.24. The maximum absolute atomic E-state index is 13.3. The van der Waals surface area contributed by atoms with E-state index in [1.54, 1.807) is 6.20 Å². The minimum atomic E-state index is -0.400. The zero-order valence-corrected chi connectivity index (χ0v) is 12.2. The predicted octanol–water partition coefficient (Wildman–Crippen LogP) is 2.90. The minimum absolute atomic E-state index is 0.0230. The van der Waals surface area contributed by atoms with Gasteiger partial charge in [-0.2, -0.15) is 5.10 Å². The molecular formula is C16H15FN4O. The van der Waals surface area contributed by atoms with Crippen LogP contribution in [0.5, 0.6) is 0 Å². The second-order valence-electron chi connectivity index (χ2n) is 5.35. The molecule has 2 aromatic heterocycles. The molecule has 0 fully saturated rings. The molecule has 0 unspecified atom stereocenters. The average Bonchev–Trinajstić information content (AvgIpc) is 2.89. The van der Waals surface area contributed by atoms with Gasteiger partial charge in [0.1, 0.15) is 5.82 Å². The van der Waals surface area contributed by atoms with Crippen LogP contribution in [0.2, 0.25) is 0 Å². The summed E-state index contributed by atoms with van der Waals surface area (Å²) in [6, 6.07) is 6.89. The van der Waals surface area contributed by atoms with Crippen molar-refractivity contribution in [2.75, 3.05) is 0 Å². The molecule has 2 heterocycles. The Hall–Kier alpha value is -2.76. The van der Waals surface area contributed by atoms with Gasteiger partial charge in [0, 0.05) is 23.2 Å². The van der Waals surface area contributed by atoms with Gasteiger partial charge in [-0.25, -0.2) is 4.39 Å². The first kappa shape index (κ1) is 14.2. The van der Waals surface area contributed by atoms with Gasteiger partial charge in [0.2, 0.25) is 0 Å². The molecule has 0 spiro atoms. The molecule has 3 rings (SSSR count). The van der Waals surface area contributed by atoms with E-state index < -0.39 is 5.82 Å². The molecule has 3 aromatic rings. The van der Waals surface area contributed by atoms with E-state index in [-0.39, 0.29) is 11.9 Å². The third kappa shape index (κ3) is 2.67. The fraction of sp³-hybridized carbons (Fsp3) is 0.188. The van der Waals surface area contributed by atoms with E-state index in [0.29, 0.717) is 16.6 Å². The van der Waals surface area contributed by atoms with Crippen LogP contribution in [0.3, 0.4) is 0 Å². The van der Waals surface area contributed by atoms with Crippen molar-refractivity contribution in [1.29, 1.82) is 0 Å². The van der Waals surface area contributed by atoms with Crippen LogP contribution in [0, 0.1) is 5.82 Å². The molecule has 2 N–H and O–H groups in total. The molecule has 0 aliphatic carbocycles. The predicted molar refractivity (Wildman–Crippen MR) is 81.9 cm³/mol. The van der Waals surface area contributed by atoms with Crippen molar-refractivity contribution in [3.05, 3.63) is 48.2 Å². The quantitative estimate of drug-likeness (QED) is 0.781. The summed E-state index contributed by atoms with van der Waals surface area (Å²) in [4.78, 5) is 16.0. The Kier molecular flexibility index (Phi) is 3.58. The van der Waals surface area contributed by atoms with E-state index in [4.69, 9.17) is 0 Å². The van der Waals surface area contributed by atoms with Crippen molar-refractivity contribution in [2.45, 2.75) is 19.9 Å². The maximum Gasteiger partial charge on any atom is 0.272 e. The van der Waals surface area contributed by atoms with E-state index in [1.165, 1.54) is 6.07 Å². The lowest BCUT2D eigenvalue weighted by molar-refractivity contribution is 0.0939. The van der Waals surface area contributed by atoms with Crippen molar-refractivity contribution in [3.63, 3.8) is 0 Å². The van der Waals surface area contributed by atoms with Crippen LogP contribution in [-0.4, -0.2) is 27.1 Å². The summed E-state index contributed by atoms with van der Waals surface area (Å²) in [5.41, 5.74) is 2.51. The summed E-state index contributed by atoms with van der Waals surface area (Å²) in [7, 11) is 0. The lowest BCUT2D eigenvalue weighted by Crippen LogP contribution is -2.30. The van der Waals surface area contributed by atoms with Crippen molar-refractivity contribution in [1.82, 2.24) is 20.5 Å². The van der Waals surface area contributed by atoms with Crippen LogP contribution in [-0.2, 0) is 0 Å². The summed E-state index contributed by atoms with van der Waals surface area (Å²) in [6.07, 6.45) is 2.74. The van der Waals surface area contributed by atoms with Gasteiger partial charge < -0.3 is 5.32 Å². The number of carbonyl (C=O) groups is 1.